The van der Waals surface area contributed by atoms with Gasteiger partial charge in [-0.15, -0.1) is 0 Å². The molecule has 1 aliphatic rings. The molecule has 2 aromatic heterocycles. The van der Waals surface area contributed by atoms with Crippen LogP contribution in [0.15, 0.2) is 90.0 Å². The zero-order valence-electron chi connectivity index (χ0n) is 27.3. The number of ether oxygens (including phenoxy) is 5. The highest BCUT2D eigenvalue weighted by atomic mass is 16.6. The van der Waals surface area contributed by atoms with E-state index in [9.17, 15) is 14.7 Å². The minimum atomic E-state index is -1.29. The van der Waals surface area contributed by atoms with E-state index in [1.54, 1.807) is 14.2 Å². The third kappa shape index (κ3) is 6.51. The molecular formula is C37H36N4O8. The van der Waals surface area contributed by atoms with E-state index in [0.29, 0.717) is 11.5 Å². The Bertz CT molecular complexity index is 2000. The highest BCUT2D eigenvalue weighted by Gasteiger charge is 2.48. The fraction of sp³-hybridized carbons (Fsp3) is 0.297. The summed E-state index contributed by atoms with van der Waals surface area (Å²) in [6.07, 6.45) is -0.505. The summed E-state index contributed by atoms with van der Waals surface area (Å²) in [6, 6.07) is 25.0. The van der Waals surface area contributed by atoms with Crippen molar-refractivity contribution < 1.29 is 33.6 Å². The fourth-order valence-electron chi connectivity index (χ4n) is 6.22. The van der Waals surface area contributed by atoms with Gasteiger partial charge >= 0.3 is 5.97 Å². The molecule has 0 bridgehead atoms. The van der Waals surface area contributed by atoms with Crippen LogP contribution in [-0.2, 0) is 24.6 Å². The number of esters is 1. The Morgan fingerprint density at radius 2 is 1.67 bits per heavy atom. The van der Waals surface area contributed by atoms with Gasteiger partial charge in [-0.2, -0.15) is 5.10 Å². The van der Waals surface area contributed by atoms with Crippen LogP contribution in [0.2, 0.25) is 0 Å². The highest BCUT2D eigenvalue weighted by Crippen LogP contribution is 2.50. The number of fused-ring (bicyclic) bond motifs is 1. The van der Waals surface area contributed by atoms with Crippen LogP contribution in [0.25, 0.3) is 11.0 Å². The zero-order valence-corrected chi connectivity index (χ0v) is 27.3. The highest BCUT2D eigenvalue weighted by molar-refractivity contribution is 5.80. The van der Waals surface area contributed by atoms with Gasteiger partial charge in [0, 0.05) is 30.9 Å². The molecule has 49 heavy (non-hydrogen) atoms. The van der Waals surface area contributed by atoms with E-state index >= 15 is 0 Å². The van der Waals surface area contributed by atoms with Crippen molar-refractivity contribution in [2.24, 2.45) is 0 Å². The average Bonchev–Trinajstić information content (AvgIpc) is 3.72. The van der Waals surface area contributed by atoms with Crippen molar-refractivity contribution in [2.75, 3.05) is 27.4 Å². The topological polar surface area (TPSA) is 147 Å². The van der Waals surface area contributed by atoms with Crippen molar-refractivity contribution in [1.29, 1.82) is 0 Å². The molecule has 0 spiro atoms. The molecule has 0 unspecified atom stereocenters. The maximum atomic E-state index is 13.0. The lowest BCUT2D eigenvalue weighted by atomic mass is 9.78. The number of aliphatic hydroxyl groups excluding tert-OH is 1. The zero-order chi connectivity index (χ0) is 34.4. The van der Waals surface area contributed by atoms with Crippen molar-refractivity contribution in [3.8, 4) is 23.3 Å². The van der Waals surface area contributed by atoms with E-state index in [1.165, 1.54) is 17.9 Å². The van der Waals surface area contributed by atoms with Crippen LogP contribution in [0.1, 0.15) is 48.4 Å². The molecule has 252 valence electrons. The van der Waals surface area contributed by atoms with E-state index < -0.39 is 35.6 Å². The third-order valence-corrected chi connectivity index (χ3v) is 8.35. The number of H-pyrrole nitrogens is 1. The molecule has 3 aromatic carbocycles. The molecule has 1 aliphatic heterocycles. The monoisotopic (exact) mass is 664 g/mol. The first-order valence-corrected chi connectivity index (χ1v) is 15.8. The number of aliphatic hydroxyl groups is 1. The predicted molar refractivity (Wildman–Crippen MR) is 179 cm³/mol. The van der Waals surface area contributed by atoms with Crippen LogP contribution in [0, 0.1) is 11.8 Å². The second kappa shape index (κ2) is 14.7. The number of methoxy groups -OCH3 is 2. The van der Waals surface area contributed by atoms with Crippen LogP contribution in [0.3, 0.4) is 0 Å². The van der Waals surface area contributed by atoms with Crippen molar-refractivity contribution >= 4 is 17.0 Å². The molecule has 6 rings (SSSR count). The van der Waals surface area contributed by atoms with Gasteiger partial charge in [-0.1, -0.05) is 72.7 Å². The van der Waals surface area contributed by atoms with Gasteiger partial charge in [-0.3, -0.25) is 9.59 Å². The first kappa shape index (κ1) is 33.4. The number of aromatic nitrogens is 4. The summed E-state index contributed by atoms with van der Waals surface area (Å²) in [5.41, 5.74) is 0.988. The number of rotatable bonds is 11. The van der Waals surface area contributed by atoms with Crippen LogP contribution in [0.5, 0.6) is 11.5 Å². The minimum Gasteiger partial charge on any atom is -0.496 e. The smallest absolute Gasteiger partial charge is 0.302 e. The van der Waals surface area contributed by atoms with E-state index in [2.05, 4.69) is 26.9 Å². The van der Waals surface area contributed by atoms with Crippen molar-refractivity contribution in [3.05, 3.63) is 118 Å². The summed E-state index contributed by atoms with van der Waals surface area (Å²) in [5, 5.41) is 15.5. The van der Waals surface area contributed by atoms with E-state index in [0.717, 1.165) is 16.7 Å². The summed E-state index contributed by atoms with van der Waals surface area (Å²) < 4.78 is 32.0. The first-order chi connectivity index (χ1) is 23.9. The molecule has 12 nitrogen and oxygen atoms in total. The van der Waals surface area contributed by atoms with Crippen LogP contribution < -0.4 is 15.0 Å². The number of benzene rings is 3. The summed E-state index contributed by atoms with van der Waals surface area (Å²) in [4.78, 5) is 31.1. The fourth-order valence-corrected chi connectivity index (χ4v) is 6.22. The molecule has 3 heterocycles. The lowest BCUT2D eigenvalue weighted by Gasteiger charge is -2.40. The average molecular weight is 665 g/mol. The number of hydrogen-bond acceptors (Lipinski definition) is 10. The predicted octanol–water partition coefficient (Wildman–Crippen LogP) is 4.10. The SMILES string of the molecule is COc1ccccc1C(O[C@H]1C[C@H](n2nc(C#CCCOC(C)=O)c3c(=O)[nH]cnc32)O[C@@H]1CO)(c1ccccc1)c1ccccc1OC. The maximum absolute atomic E-state index is 13.0. The summed E-state index contributed by atoms with van der Waals surface area (Å²) in [6.45, 7) is 1.07. The Morgan fingerprint density at radius 3 is 2.31 bits per heavy atom. The number of nitrogens with zero attached hydrogens (tertiary/aromatic N) is 3. The number of carbonyl (C=O) groups is 1. The van der Waals surface area contributed by atoms with E-state index in [4.69, 9.17) is 23.7 Å². The second-order valence-corrected chi connectivity index (χ2v) is 11.3. The number of aromatic amines is 1. The van der Waals surface area contributed by atoms with E-state index in [1.807, 2.05) is 78.9 Å². The van der Waals surface area contributed by atoms with Gasteiger partial charge < -0.3 is 33.8 Å². The minimum absolute atomic E-state index is 0.111. The van der Waals surface area contributed by atoms with E-state index in [-0.39, 0.29) is 42.8 Å². The molecule has 3 atom stereocenters. The van der Waals surface area contributed by atoms with Crippen LogP contribution >= 0.6 is 0 Å². The van der Waals surface area contributed by atoms with Crippen LogP contribution in [0.4, 0.5) is 0 Å². The van der Waals surface area contributed by atoms with Gasteiger partial charge in [0.15, 0.2) is 23.2 Å². The lowest BCUT2D eigenvalue weighted by molar-refractivity contribution is -0.140. The normalized spacial score (nSPS) is 17.3. The second-order valence-electron chi connectivity index (χ2n) is 11.3. The van der Waals surface area contributed by atoms with Gasteiger partial charge in [0.2, 0.25) is 0 Å². The summed E-state index contributed by atoms with van der Waals surface area (Å²) in [5.74, 6) is 6.59. The van der Waals surface area contributed by atoms with Crippen LogP contribution in [-0.4, -0.2) is 70.5 Å². The molecule has 12 heteroatoms. The Balaban J connectivity index is 1.46. The molecule has 0 amide bonds. The Labute approximate surface area is 282 Å². The molecule has 0 aliphatic carbocycles. The van der Waals surface area contributed by atoms with Gasteiger partial charge in [-0.05, 0) is 23.6 Å². The van der Waals surface area contributed by atoms with Crippen molar-refractivity contribution in [3.63, 3.8) is 0 Å². The van der Waals surface area contributed by atoms with Crippen molar-refractivity contribution in [1.82, 2.24) is 19.7 Å². The molecule has 1 saturated heterocycles. The molecule has 2 N–H and O–H groups in total. The van der Waals surface area contributed by atoms with Crippen molar-refractivity contribution in [2.45, 2.75) is 43.8 Å². The molecule has 0 radical (unpaired) electrons. The van der Waals surface area contributed by atoms with Gasteiger partial charge in [0.25, 0.3) is 5.56 Å². The molecular weight excluding hydrogens is 628 g/mol. The van der Waals surface area contributed by atoms with Gasteiger partial charge in [-0.25, -0.2) is 9.67 Å². The number of nitrogens with one attached hydrogen (secondary N) is 1. The largest absolute Gasteiger partial charge is 0.496 e. The molecule has 1 fully saturated rings. The number of hydrogen-bond donors (Lipinski definition) is 2. The Morgan fingerprint density at radius 1 is 1.02 bits per heavy atom. The quantitative estimate of drug-likeness (QED) is 0.0916. The Hall–Kier alpha value is -5.48. The maximum Gasteiger partial charge on any atom is 0.302 e. The molecule has 0 saturated carbocycles. The number of para-hydroxylation sites is 2. The summed E-state index contributed by atoms with van der Waals surface area (Å²) in [7, 11) is 3.22. The molecule has 5 aromatic rings. The lowest BCUT2D eigenvalue weighted by Crippen LogP contribution is -2.41. The third-order valence-electron chi connectivity index (χ3n) is 8.35. The standard InChI is InChI=1S/C37H36N4O8/c1-24(43)47-20-12-11-17-28-34-35(38-23-39-36(34)44)41(40-28)33-21-31(32(22-42)48-33)49-37(25-13-5-4-6-14-25,26-15-7-9-18-29(26)45-2)27-16-8-10-19-30(27)46-3/h4-10,13-16,18-19,23,31-33,42H,12,20-22H2,1-3H3,(H,38,39,44)/t31-,32+,33+/m0/s1. The van der Waals surface area contributed by atoms with Gasteiger partial charge in [0.05, 0.1) is 33.3 Å². The Kier molecular flexibility index (Phi) is 10.1. The first-order valence-electron chi connectivity index (χ1n) is 15.8. The summed E-state index contributed by atoms with van der Waals surface area (Å²) >= 11 is 0. The van der Waals surface area contributed by atoms with Gasteiger partial charge in [0.1, 0.15) is 29.6 Å². The number of carbonyl (C=O) groups excluding carboxylic acids is 1.